The molecule has 0 spiro atoms. The molecule has 0 aliphatic heterocycles. The molecule has 3 aliphatic rings. The Balaban J connectivity index is 1.67. The van der Waals surface area contributed by atoms with Gasteiger partial charge < -0.3 is 10.3 Å². The van der Waals surface area contributed by atoms with E-state index in [0.29, 0.717) is 30.3 Å². The largest absolute Gasteiger partial charge is 0.346 e. The van der Waals surface area contributed by atoms with Crippen molar-refractivity contribution in [2.24, 2.45) is 0 Å². The average molecular weight is 273 g/mol. The van der Waals surface area contributed by atoms with Crippen molar-refractivity contribution in [1.29, 1.82) is 0 Å². The molecule has 6 heteroatoms. The Kier molecular flexibility index (Phi) is 1.99. The molecule has 3 saturated carbocycles. The first-order valence-electron chi connectivity index (χ1n) is 6.48. The average Bonchev–Trinajstić information content (AvgIpc) is 2.36. The number of fused-ring (bicyclic) bond motifs is 1. The fraction of sp³-hybridized carbons (Fsp3) is 0.357. The summed E-state index contributed by atoms with van der Waals surface area (Å²) in [6.07, 6.45) is 4.01. The Labute approximate surface area is 113 Å². The number of halogens is 1. The van der Waals surface area contributed by atoms with Crippen LogP contribution in [0.1, 0.15) is 29.6 Å². The molecule has 20 heavy (non-hydrogen) atoms. The normalized spacial score (nSPS) is 30.4. The van der Waals surface area contributed by atoms with Crippen LogP contribution in [0.15, 0.2) is 29.3 Å². The molecule has 0 radical (unpaired) electrons. The van der Waals surface area contributed by atoms with Gasteiger partial charge in [-0.1, -0.05) is 0 Å². The number of nitrogens with zero attached hydrogens (tertiary/aromatic N) is 1. The summed E-state index contributed by atoms with van der Waals surface area (Å²) in [6, 6.07) is 3.27. The number of hydrogen-bond donors (Lipinski definition) is 2. The maximum absolute atomic E-state index is 13.4. The van der Waals surface area contributed by atoms with Gasteiger partial charge in [0.2, 0.25) is 5.43 Å². The van der Waals surface area contributed by atoms with Crippen LogP contribution in [0.25, 0.3) is 11.0 Å². The van der Waals surface area contributed by atoms with Crippen molar-refractivity contribution < 1.29 is 9.18 Å². The molecule has 3 aliphatic carbocycles. The third-order valence-corrected chi connectivity index (χ3v) is 4.24. The standard InChI is InChI=1S/C14H12FN3O2/c15-13-5-14(6-13,7-13)18-12(20)9-4-17-11-8(10(9)19)2-1-3-16-11/h1-4H,5-7H2,(H,18,20)(H,16,17,19). The molecule has 0 atom stereocenters. The number of hydrogen-bond acceptors (Lipinski definition) is 3. The molecule has 3 fully saturated rings. The van der Waals surface area contributed by atoms with E-state index in [1.807, 2.05) is 0 Å². The molecular weight excluding hydrogens is 261 g/mol. The van der Waals surface area contributed by atoms with Crippen LogP contribution in [0.3, 0.4) is 0 Å². The van der Waals surface area contributed by atoms with Crippen LogP contribution < -0.4 is 10.7 Å². The number of nitrogens with one attached hydrogen (secondary N) is 2. The van der Waals surface area contributed by atoms with E-state index in [4.69, 9.17) is 0 Å². The van der Waals surface area contributed by atoms with Crippen LogP contribution in [-0.2, 0) is 0 Å². The molecule has 2 aromatic heterocycles. The van der Waals surface area contributed by atoms with E-state index in [-0.39, 0.29) is 11.0 Å². The van der Waals surface area contributed by atoms with Gasteiger partial charge in [-0.3, -0.25) is 9.59 Å². The van der Waals surface area contributed by atoms with Crippen molar-refractivity contribution in [2.75, 3.05) is 0 Å². The van der Waals surface area contributed by atoms with Gasteiger partial charge in [-0.05, 0) is 12.1 Å². The van der Waals surface area contributed by atoms with Gasteiger partial charge in [0.05, 0.1) is 5.39 Å². The van der Waals surface area contributed by atoms with Gasteiger partial charge in [-0.25, -0.2) is 9.37 Å². The van der Waals surface area contributed by atoms with Crippen LogP contribution in [0.2, 0.25) is 0 Å². The molecular formula is C14H12FN3O2. The number of alkyl halides is 1. The van der Waals surface area contributed by atoms with Crippen molar-refractivity contribution in [1.82, 2.24) is 15.3 Å². The minimum Gasteiger partial charge on any atom is -0.346 e. The molecule has 1 amide bonds. The highest BCUT2D eigenvalue weighted by Gasteiger charge is 2.69. The number of amides is 1. The fourth-order valence-electron chi connectivity index (χ4n) is 3.33. The second kappa shape index (κ2) is 3.45. The van der Waals surface area contributed by atoms with Gasteiger partial charge in [0.1, 0.15) is 16.9 Å². The number of aromatic amines is 1. The predicted molar refractivity (Wildman–Crippen MR) is 70.3 cm³/mol. The third kappa shape index (κ3) is 1.44. The van der Waals surface area contributed by atoms with E-state index in [0.717, 1.165) is 0 Å². The zero-order valence-corrected chi connectivity index (χ0v) is 10.6. The van der Waals surface area contributed by atoms with E-state index >= 15 is 0 Å². The number of carbonyl (C=O) groups is 1. The lowest BCUT2D eigenvalue weighted by atomic mass is 9.47. The van der Waals surface area contributed by atoms with Gasteiger partial charge in [-0.2, -0.15) is 0 Å². The minimum absolute atomic E-state index is 0.0446. The van der Waals surface area contributed by atoms with Crippen LogP contribution in [0.5, 0.6) is 0 Å². The summed E-state index contributed by atoms with van der Waals surface area (Å²) in [5.74, 6) is -0.446. The molecule has 102 valence electrons. The zero-order valence-electron chi connectivity index (χ0n) is 10.6. The van der Waals surface area contributed by atoms with Crippen LogP contribution >= 0.6 is 0 Å². The molecule has 5 nitrogen and oxygen atoms in total. The van der Waals surface area contributed by atoms with E-state index in [9.17, 15) is 14.0 Å². The summed E-state index contributed by atoms with van der Waals surface area (Å²) in [4.78, 5) is 31.3. The van der Waals surface area contributed by atoms with Gasteiger partial charge in [0.15, 0.2) is 0 Å². The summed E-state index contributed by atoms with van der Waals surface area (Å²) < 4.78 is 13.4. The lowest BCUT2D eigenvalue weighted by molar-refractivity contribution is -0.162. The number of carbonyl (C=O) groups excluding carboxylic acids is 1. The Hall–Kier alpha value is -2.24. The molecule has 0 aromatic carbocycles. The van der Waals surface area contributed by atoms with Gasteiger partial charge in [0.25, 0.3) is 5.91 Å². The lowest BCUT2D eigenvalue weighted by Gasteiger charge is -2.65. The maximum Gasteiger partial charge on any atom is 0.257 e. The first-order valence-corrected chi connectivity index (χ1v) is 6.48. The van der Waals surface area contributed by atoms with Gasteiger partial charge in [-0.15, -0.1) is 0 Å². The first kappa shape index (κ1) is 11.6. The zero-order chi connectivity index (χ0) is 14.0. The summed E-state index contributed by atoms with van der Waals surface area (Å²) in [6.45, 7) is 0. The van der Waals surface area contributed by atoms with E-state index in [2.05, 4.69) is 15.3 Å². The monoisotopic (exact) mass is 273 g/mol. The Morgan fingerprint density at radius 2 is 2.15 bits per heavy atom. The molecule has 2 bridgehead atoms. The number of aromatic nitrogens is 2. The van der Waals surface area contributed by atoms with Crippen molar-refractivity contribution in [3.8, 4) is 0 Å². The number of pyridine rings is 2. The minimum atomic E-state index is -1.08. The molecule has 5 rings (SSSR count). The summed E-state index contributed by atoms with van der Waals surface area (Å²) >= 11 is 0. The third-order valence-electron chi connectivity index (χ3n) is 4.24. The summed E-state index contributed by atoms with van der Waals surface area (Å²) in [5, 5.41) is 3.16. The van der Waals surface area contributed by atoms with Crippen LogP contribution in [0.4, 0.5) is 4.39 Å². The molecule has 0 unspecified atom stereocenters. The highest BCUT2D eigenvalue weighted by Crippen LogP contribution is 2.62. The second-order valence-corrected chi connectivity index (χ2v) is 5.85. The van der Waals surface area contributed by atoms with E-state index < -0.39 is 17.1 Å². The first-order chi connectivity index (χ1) is 9.50. The highest BCUT2D eigenvalue weighted by molar-refractivity contribution is 5.97. The smallest absolute Gasteiger partial charge is 0.257 e. The maximum atomic E-state index is 13.4. The van der Waals surface area contributed by atoms with E-state index in [1.54, 1.807) is 18.3 Å². The molecule has 2 N–H and O–H groups in total. The second-order valence-electron chi connectivity index (χ2n) is 5.85. The Bertz CT molecular complexity index is 779. The van der Waals surface area contributed by atoms with Crippen molar-refractivity contribution in [2.45, 2.75) is 30.5 Å². The highest BCUT2D eigenvalue weighted by atomic mass is 19.1. The van der Waals surface area contributed by atoms with Crippen molar-refractivity contribution in [3.05, 3.63) is 40.3 Å². The molecule has 2 heterocycles. The number of rotatable bonds is 2. The molecule has 0 saturated heterocycles. The van der Waals surface area contributed by atoms with Gasteiger partial charge >= 0.3 is 0 Å². The fourth-order valence-corrected chi connectivity index (χ4v) is 3.33. The Morgan fingerprint density at radius 1 is 1.40 bits per heavy atom. The summed E-state index contributed by atoms with van der Waals surface area (Å²) in [5.41, 5.74) is -1.37. The molecule has 2 aromatic rings. The van der Waals surface area contributed by atoms with Crippen molar-refractivity contribution in [3.63, 3.8) is 0 Å². The summed E-state index contributed by atoms with van der Waals surface area (Å²) in [7, 11) is 0. The SMILES string of the molecule is O=C(NC12CC(F)(C1)C2)c1c[nH]c2ncccc2c1=O. The topological polar surface area (TPSA) is 74.8 Å². The van der Waals surface area contributed by atoms with Gasteiger partial charge in [0, 0.05) is 37.2 Å². The van der Waals surface area contributed by atoms with Crippen molar-refractivity contribution >= 4 is 16.9 Å². The predicted octanol–water partition coefficient (Wildman–Crippen LogP) is 1.30. The lowest BCUT2D eigenvalue weighted by Crippen LogP contribution is -2.76. The Morgan fingerprint density at radius 3 is 2.85 bits per heavy atom. The van der Waals surface area contributed by atoms with Crippen LogP contribution in [0, 0.1) is 0 Å². The van der Waals surface area contributed by atoms with E-state index in [1.165, 1.54) is 6.20 Å². The quantitative estimate of drug-likeness (QED) is 0.866. The number of H-pyrrole nitrogens is 1. The van der Waals surface area contributed by atoms with Crippen LogP contribution in [-0.4, -0.2) is 27.1 Å².